The van der Waals surface area contributed by atoms with E-state index >= 15 is 0 Å². The van der Waals surface area contributed by atoms with E-state index in [-0.39, 0.29) is 11.5 Å². The van der Waals surface area contributed by atoms with Gasteiger partial charge >= 0.3 is 5.69 Å². The fourth-order valence-corrected chi connectivity index (χ4v) is 2.34. The Balaban J connectivity index is 3.31. The second-order valence-corrected chi connectivity index (χ2v) is 5.10. The number of nitrogens with two attached hydrogens (primary N) is 1. The lowest BCUT2D eigenvalue weighted by Gasteiger charge is -2.25. The first-order chi connectivity index (χ1) is 10.5. The average Bonchev–Trinajstić information content (AvgIpc) is 2.48. The Bertz CT molecular complexity index is 650. The number of thiocarbonyl (C=S) groups is 1. The van der Waals surface area contributed by atoms with Crippen LogP contribution in [-0.4, -0.2) is 27.8 Å². The molecule has 0 amide bonds. The molecule has 0 saturated carbocycles. The van der Waals surface area contributed by atoms with Crippen LogP contribution in [0.4, 0.5) is 11.5 Å². The molecule has 0 spiro atoms. The maximum Gasteiger partial charge on any atom is 0.330 e. The fourth-order valence-electron chi connectivity index (χ4n) is 2.03. The zero-order valence-corrected chi connectivity index (χ0v) is 13.8. The van der Waals surface area contributed by atoms with Gasteiger partial charge in [0.25, 0.3) is 5.56 Å². The molecule has 1 aromatic heterocycles. The maximum absolute atomic E-state index is 12.2. The molecule has 8 heteroatoms. The molecule has 0 saturated heterocycles. The largest absolute Gasteiger partial charge is 0.383 e. The minimum absolute atomic E-state index is 0.131. The van der Waals surface area contributed by atoms with Gasteiger partial charge in [-0.25, -0.2) is 4.79 Å². The van der Waals surface area contributed by atoms with E-state index < -0.39 is 11.2 Å². The number of aromatic amines is 1. The van der Waals surface area contributed by atoms with Crippen molar-refractivity contribution in [3.8, 4) is 0 Å². The van der Waals surface area contributed by atoms with Gasteiger partial charge in [-0.15, -0.1) is 6.58 Å². The molecule has 0 aliphatic carbocycles. The number of nitrogens with one attached hydrogen (secondary N) is 2. The molecule has 0 aliphatic rings. The summed E-state index contributed by atoms with van der Waals surface area (Å²) in [4.78, 5) is 28.0. The van der Waals surface area contributed by atoms with Crippen molar-refractivity contribution in [3.63, 3.8) is 0 Å². The zero-order chi connectivity index (χ0) is 16.7. The van der Waals surface area contributed by atoms with Crippen LogP contribution < -0.4 is 27.2 Å². The topological polar surface area (TPSA) is 96.2 Å². The second kappa shape index (κ2) is 8.38. The van der Waals surface area contributed by atoms with Gasteiger partial charge in [0.2, 0.25) is 0 Å². The SMILES string of the molecule is C=CCNC(=S)N(CC)c1c(N)n(CCCC)c(=O)[nH]c1=O. The molecular formula is C14H23N5O2S. The van der Waals surface area contributed by atoms with Crippen LogP contribution in [0.5, 0.6) is 0 Å². The number of hydrogen-bond donors (Lipinski definition) is 3. The van der Waals surface area contributed by atoms with Gasteiger partial charge in [0.05, 0.1) is 0 Å². The molecule has 22 heavy (non-hydrogen) atoms. The van der Waals surface area contributed by atoms with Gasteiger partial charge in [-0.2, -0.15) is 0 Å². The van der Waals surface area contributed by atoms with Gasteiger partial charge in [-0.05, 0) is 25.6 Å². The first kappa shape index (κ1) is 18.0. The van der Waals surface area contributed by atoms with E-state index in [0.717, 1.165) is 12.8 Å². The fraction of sp³-hybridized carbons (Fsp3) is 0.500. The Morgan fingerprint density at radius 2 is 2.18 bits per heavy atom. The molecule has 1 aromatic rings. The lowest BCUT2D eigenvalue weighted by atomic mass is 10.3. The Labute approximate surface area is 134 Å². The normalized spacial score (nSPS) is 10.3. The molecule has 7 nitrogen and oxygen atoms in total. The first-order valence-electron chi connectivity index (χ1n) is 7.26. The van der Waals surface area contributed by atoms with Crippen LogP contribution in [0.25, 0.3) is 0 Å². The molecule has 0 aliphatic heterocycles. The van der Waals surface area contributed by atoms with E-state index in [1.54, 1.807) is 11.0 Å². The number of hydrogen-bond acceptors (Lipinski definition) is 4. The van der Waals surface area contributed by atoms with Crippen LogP contribution in [0.15, 0.2) is 22.2 Å². The minimum atomic E-state index is -0.542. The molecule has 0 atom stereocenters. The summed E-state index contributed by atoms with van der Waals surface area (Å²) in [5, 5.41) is 3.32. The van der Waals surface area contributed by atoms with Gasteiger partial charge in [0.1, 0.15) is 5.82 Å². The number of H-pyrrole nitrogens is 1. The molecule has 0 fully saturated rings. The van der Waals surface area contributed by atoms with Crippen LogP contribution in [-0.2, 0) is 6.54 Å². The number of nitrogens with zero attached hydrogens (tertiary/aromatic N) is 2. The molecule has 1 heterocycles. The van der Waals surface area contributed by atoms with Gasteiger partial charge < -0.3 is 16.0 Å². The monoisotopic (exact) mass is 325 g/mol. The van der Waals surface area contributed by atoms with Gasteiger partial charge in [-0.3, -0.25) is 14.3 Å². The number of unbranched alkanes of at least 4 members (excludes halogenated alkanes) is 1. The molecule has 0 unspecified atom stereocenters. The van der Waals surface area contributed by atoms with Crippen LogP contribution >= 0.6 is 12.2 Å². The summed E-state index contributed by atoms with van der Waals surface area (Å²) in [6.07, 6.45) is 3.37. The molecule has 4 N–H and O–H groups in total. The van der Waals surface area contributed by atoms with Crippen molar-refractivity contribution in [1.82, 2.24) is 14.9 Å². The molecule has 0 aromatic carbocycles. The molecule has 0 radical (unpaired) electrons. The summed E-state index contributed by atoms with van der Waals surface area (Å²) >= 11 is 5.28. The lowest BCUT2D eigenvalue weighted by molar-refractivity contribution is 0.604. The summed E-state index contributed by atoms with van der Waals surface area (Å²) in [5.41, 5.74) is 5.22. The van der Waals surface area contributed by atoms with E-state index in [1.165, 1.54) is 4.57 Å². The summed E-state index contributed by atoms with van der Waals surface area (Å²) in [6.45, 7) is 8.85. The van der Waals surface area contributed by atoms with Crippen molar-refractivity contribution < 1.29 is 0 Å². The molecule has 1 rings (SSSR count). The Hall–Kier alpha value is -2.09. The first-order valence-corrected chi connectivity index (χ1v) is 7.67. The van der Waals surface area contributed by atoms with Crippen molar-refractivity contribution in [3.05, 3.63) is 33.5 Å². The molecular weight excluding hydrogens is 302 g/mol. The van der Waals surface area contributed by atoms with Crippen LogP contribution in [0.1, 0.15) is 26.7 Å². The highest BCUT2D eigenvalue weighted by Crippen LogP contribution is 2.17. The standard InChI is InChI=1S/C14H23N5O2S/c1-4-7-9-19-11(15)10(12(20)17-13(19)21)18(6-3)14(22)16-8-5-2/h5H,2,4,6-9,15H2,1,3H3,(H,16,22)(H,17,20,21). The van der Waals surface area contributed by atoms with E-state index in [0.29, 0.717) is 24.7 Å². The number of aromatic nitrogens is 2. The molecule has 0 bridgehead atoms. The van der Waals surface area contributed by atoms with E-state index in [2.05, 4.69) is 16.9 Å². The smallest absolute Gasteiger partial charge is 0.330 e. The molecule has 122 valence electrons. The Morgan fingerprint density at radius 1 is 1.50 bits per heavy atom. The summed E-state index contributed by atoms with van der Waals surface area (Å²) < 4.78 is 1.37. The third-order valence-electron chi connectivity index (χ3n) is 3.18. The van der Waals surface area contributed by atoms with Crippen LogP contribution in [0, 0.1) is 0 Å². The third kappa shape index (κ3) is 3.97. The second-order valence-electron chi connectivity index (χ2n) is 4.72. The highest BCUT2D eigenvalue weighted by molar-refractivity contribution is 7.80. The maximum atomic E-state index is 12.2. The summed E-state index contributed by atoms with van der Waals surface area (Å²) in [6, 6.07) is 0. The van der Waals surface area contributed by atoms with E-state index in [4.69, 9.17) is 18.0 Å². The van der Waals surface area contributed by atoms with Crippen molar-refractivity contribution >= 4 is 28.8 Å². The minimum Gasteiger partial charge on any atom is -0.383 e. The lowest BCUT2D eigenvalue weighted by Crippen LogP contribution is -2.45. The van der Waals surface area contributed by atoms with Crippen molar-refractivity contribution in [2.45, 2.75) is 33.2 Å². The van der Waals surface area contributed by atoms with Gasteiger partial charge in [0, 0.05) is 19.6 Å². The van der Waals surface area contributed by atoms with Crippen LogP contribution in [0.3, 0.4) is 0 Å². The predicted molar refractivity (Wildman–Crippen MR) is 94.5 cm³/mol. The van der Waals surface area contributed by atoms with Crippen molar-refractivity contribution in [2.75, 3.05) is 23.7 Å². The summed E-state index contributed by atoms with van der Waals surface area (Å²) in [7, 11) is 0. The van der Waals surface area contributed by atoms with Crippen molar-refractivity contribution in [2.24, 2.45) is 0 Å². The van der Waals surface area contributed by atoms with Gasteiger partial charge in [-0.1, -0.05) is 19.4 Å². The highest BCUT2D eigenvalue weighted by atomic mass is 32.1. The predicted octanol–water partition coefficient (Wildman–Crippen LogP) is 0.806. The summed E-state index contributed by atoms with van der Waals surface area (Å²) in [5.74, 6) is 0.131. The van der Waals surface area contributed by atoms with Crippen LogP contribution in [0.2, 0.25) is 0 Å². The number of nitrogen functional groups attached to an aromatic ring is 1. The Morgan fingerprint density at radius 3 is 2.73 bits per heavy atom. The highest BCUT2D eigenvalue weighted by Gasteiger charge is 2.20. The Kier molecular flexibility index (Phi) is 6.84. The van der Waals surface area contributed by atoms with E-state index in [1.807, 2.05) is 13.8 Å². The number of rotatable bonds is 7. The zero-order valence-electron chi connectivity index (χ0n) is 13.0. The van der Waals surface area contributed by atoms with Crippen molar-refractivity contribution in [1.29, 1.82) is 0 Å². The quantitative estimate of drug-likeness (QED) is 0.507. The number of anilines is 2. The third-order valence-corrected chi connectivity index (χ3v) is 3.54. The average molecular weight is 325 g/mol. The van der Waals surface area contributed by atoms with E-state index in [9.17, 15) is 9.59 Å². The van der Waals surface area contributed by atoms with Gasteiger partial charge in [0.15, 0.2) is 10.8 Å².